The molecule has 0 rings (SSSR count). The predicted molar refractivity (Wildman–Crippen MR) is 35.5 cm³/mol. The Morgan fingerprint density at radius 3 is 1.17 bits per heavy atom. The van der Waals surface area contributed by atoms with E-state index in [0.717, 1.165) is 0 Å². The molecule has 0 radical (unpaired) electrons. The summed E-state index contributed by atoms with van der Waals surface area (Å²) < 4.78 is 0. The van der Waals surface area contributed by atoms with Crippen molar-refractivity contribution in [2.45, 2.75) is 0 Å². The van der Waals surface area contributed by atoms with Crippen LogP contribution < -0.4 is 36.3 Å². The van der Waals surface area contributed by atoms with Crippen molar-refractivity contribution in [2.75, 3.05) is 0 Å². The van der Waals surface area contributed by atoms with Crippen LogP contribution in [0.25, 0.3) is 0 Å². The third-order valence-electron chi connectivity index (χ3n) is 0. The van der Waals surface area contributed by atoms with Crippen molar-refractivity contribution in [2.24, 2.45) is 11.5 Å². The van der Waals surface area contributed by atoms with E-state index in [1.54, 1.807) is 0 Å². The van der Waals surface area contributed by atoms with Crippen LogP contribution in [0.2, 0.25) is 0 Å². The number of aliphatic hydroxyl groups excluding tert-OH is 1. The van der Waals surface area contributed by atoms with Gasteiger partial charge in [0.1, 0.15) is 0 Å². The summed E-state index contributed by atoms with van der Waals surface area (Å²) in [4.78, 5) is 17.2. The topological polar surface area (TPSA) is 136 Å². The summed E-state index contributed by atoms with van der Waals surface area (Å²) in [5.74, 6) is 0. The first-order valence-corrected chi connectivity index (χ1v) is 1.21. The number of hydrogen-bond donors (Lipinski definition) is 3. The van der Waals surface area contributed by atoms with Crippen LogP contribution in [0.3, 0.4) is 0 Å². The number of carbonyl (C=O) groups is 1. The zero-order valence-electron chi connectivity index (χ0n) is 6.04. The number of rotatable bonds is 0. The molecular formula is C2H6Ca2Cl2N2O4. The van der Waals surface area contributed by atoms with Gasteiger partial charge in [0.2, 0.25) is 0 Å². The average molecular weight is 273 g/mol. The van der Waals surface area contributed by atoms with Crippen molar-refractivity contribution in [3.8, 4) is 0 Å². The smallest absolute Gasteiger partial charge is 1.00 e. The zero-order valence-corrected chi connectivity index (χ0v) is 12.0. The van der Waals surface area contributed by atoms with E-state index in [0.29, 0.717) is 6.47 Å². The monoisotopic (exact) mass is 272 g/mol. The second kappa shape index (κ2) is 53.0. The summed E-state index contributed by atoms with van der Waals surface area (Å²) in [7, 11) is 0. The van der Waals surface area contributed by atoms with Crippen LogP contribution >= 0.6 is 0 Å². The molecule has 6 nitrogen and oxygen atoms in total. The summed E-state index contributed by atoms with van der Waals surface area (Å²) in [6.45, 7) is 0.500. The van der Waals surface area contributed by atoms with Gasteiger partial charge in [-0.3, -0.25) is 0 Å². The zero-order chi connectivity index (χ0) is 6.28. The molecule has 0 aliphatic rings. The Labute approximate surface area is 142 Å². The van der Waals surface area contributed by atoms with Crippen molar-refractivity contribution in [1.29, 1.82) is 0 Å². The number of nitrogens with two attached hydrogens (primary N) is 2. The Bertz CT molecular complexity index is 74.1. The van der Waals surface area contributed by atoms with E-state index >= 15 is 0 Å². The Balaban J connectivity index is -0.00000000597. The molecule has 0 heterocycles. The summed E-state index contributed by atoms with van der Waals surface area (Å²) >= 11 is 0. The normalized spacial score (nSPS) is 3.00. The molecule has 0 fully saturated rings. The van der Waals surface area contributed by atoms with Crippen molar-refractivity contribution < 1.29 is 45.0 Å². The largest absolute Gasteiger partial charge is 2.00 e. The van der Waals surface area contributed by atoms with E-state index in [2.05, 4.69) is 11.5 Å². The van der Waals surface area contributed by atoms with Gasteiger partial charge in [-0.25, -0.2) is 4.79 Å². The molecule has 10 heteroatoms. The molecule has 0 bridgehead atoms. The van der Waals surface area contributed by atoms with Crippen molar-refractivity contribution in [1.82, 2.24) is 0 Å². The van der Waals surface area contributed by atoms with Crippen LogP contribution in [0.5, 0.6) is 0 Å². The second-order valence-electron chi connectivity index (χ2n) is 0.494. The van der Waals surface area contributed by atoms with Crippen molar-refractivity contribution >= 4 is 88.0 Å². The minimum absolute atomic E-state index is 0. The molecular weight excluding hydrogens is 267 g/mol. The van der Waals surface area contributed by atoms with Crippen LogP contribution in [0, 0.1) is 0 Å². The molecule has 6 N–H and O–H groups in total. The standard InChI is InChI=1S/CH4N2O.CHO2.2Ca.2ClH.H2O/c2-1(3)4;2-1-3;;;;;/h(H4,2,3,4);(H,2,3);;;2*1H;1H2/q;-1;2*+2;;;/p-3. The van der Waals surface area contributed by atoms with Gasteiger partial charge < -0.3 is 51.7 Å². The van der Waals surface area contributed by atoms with Gasteiger partial charge in [-0.2, -0.15) is 0 Å². The maximum atomic E-state index is 9.00. The van der Waals surface area contributed by atoms with Gasteiger partial charge in [0, 0.05) is 0 Å². The van der Waals surface area contributed by atoms with Gasteiger partial charge in [-0.15, -0.1) is 0 Å². The fourth-order valence-corrected chi connectivity index (χ4v) is 0. The van der Waals surface area contributed by atoms with Gasteiger partial charge in [0.15, 0.2) is 0 Å². The molecule has 0 aliphatic heterocycles. The van der Waals surface area contributed by atoms with Crippen molar-refractivity contribution in [3.05, 3.63) is 0 Å². The fourth-order valence-electron chi connectivity index (χ4n) is 0. The summed E-state index contributed by atoms with van der Waals surface area (Å²) in [5, 5.41) is 6.76. The van der Waals surface area contributed by atoms with Gasteiger partial charge in [0.25, 0.3) is 0 Å². The van der Waals surface area contributed by atoms with Crippen molar-refractivity contribution in [3.63, 3.8) is 0 Å². The Kier molecular flexibility index (Phi) is 216. The number of halogens is 2. The number of hydrogen-bond acceptors (Lipinski definition) is 3. The minimum Gasteiger partial charge on any atom is -1.00 e. The SMILES string of the molecule is NC(N)=O.O=[C-]O.[Ca+2].[Ca+2].[Cl-].[Cl-].[OH-]. The van der Waals surface area contributed by atoms with Gasteiger partial charge in [0.05, 0.1) is 0 Å². The van der Waals surface area contributed by atoms with Crippen LogP contribution in [-0.4, -0.2) is 98.6 Å². The fraction of sp³-hybridized carbons (Fsp3) is 0. The molecule has 0 spiro atoms. The van der Waals surface area contributed by atoms with E-state index in [4.69, 9.17) is 14.7 Å². The average Bonchev–Trinajstić information content (AvgIpc) is 1.33. The Hall–Kier alpha value is 1.80. The number of primary amides is 2. The third kappa shape index (κ3) is 425. The van der Waals surface area contributed by atoms with E-state index in [1.165, 1.54) is 0 Å². The van der Waals surface area contributed by atoms with Gasteiger partial charge in [-0.05, 0) is 0 Å². The molecule has 12 heavy (non-hydrogen) atoms. The summed E-state index contributed by atoms with van der Waals surface area (Å²) in [6.07, 6.45) is 0. The molecule has 2 amide bonds. The second-order valence-corrected chi connectivity index (χ2v) is 0.494. The van der Waals surface area contributed by atoms with E-state index in [1.807, 2.05) is 0 Å². The summed E-state index contributed by atoms with van der Waals surface area (Å²) in [5.41, 5.74) is 8.50. The maximum absolute atomic E-state index is 9.00. The van der Waals surface area contributed by atoms with Crippen LogP contribution in [0.15, 0.2) is 0 Å². The molecule has 66 valence electrons. The van der Waals surface area contributed by atoms with Crippen LogP contribution in [0.4, 0.5) is 4.79 Å². The third-order valence-corrected chi connectivity index (χ3v) is 0. The van der Waals surface area contributed by atoms with E-state index in [9.17, 15) is 0 Å². The number of amides is 2. The first-order valence-electron chi connectivity index (χ1n) is 1.21. The molecule has 0 aromatic heterocycles. The number of urea groups is 1. The minimum atomic E-state index is -0.833. The summed E-state index contributed by atoms with van der Waals surface area (Å²) in [6, 6.07) is -0.833. The number of carbonyl (C=O) groups excluding carboxylic acids is 1. The molecule has 0 aliphatic carbocycles. The maximum Gasteiger partial charge on any atom is 2.00 e. The molecule has 0 aromatic carbocycles. The molecule has 0 saturated carbocycles. The Morgan fingerprint density at radius 1 is 1.17 bits per heavy atom. The van der Waals surface area contributed by atoms with Gasteiger partial charge >= 0.3 is 81.5 Å². The molecule has 0 aromatic rings. The first-order chi connectivity index (χ1) is 3.15. The predicted octanol–water partition coefficient (Wildman–Crippen LogP) is -8.29. The molecule has 0 atom stereocenters. The quantitative estimate of drug-likeness (QED) is 0.298. The van der Waals surface area contributed by atoms with Gasteiger partial charge in [-0.1, -0.05) is 6.47 Å². The first kappa shape index (κ1) is 48.9. The molecule has 0 unspecified atom stereocenters. The van der Waals surface area contributed by atoms with E-state index in [-0.39, 0.29) is 106 Å². The Morgan fingerprint density at radius 2 is 1.17 bits per heavy atom. The van der Waals surface area contributed by atoms with Crippen LogP contribution in [-0.2, 0) is 4.79 Å². The molecule has 0 saturated heterocycles. The van der Waals surface area contributed by atoms with E-state index < -0.39 is 6.03 Å². The van der Waals surface area contributed by atoms with Crippen LogP contribution in [0.1, 0.15) is 0 Å².